The summed E-state index contributed by atoms with van der Waals surface area (Å²) in [7, 11) is 0. The Balaban J connectivity index is 0.00000243. The average Bonchev–Trinajstić information content (AvgIpc) is 3.12. The highest BCUT2D eigenvalue weighted by Crippen LogP contribution is 2.29. The Morgan fingerprint density at radius 3 is 2.04 bits per heavy atom. The Hall–Kier alpha value is -2.37. The number of anilines is 1. The number of rotatable bonds is 5. The lowest BCUT2D eigenvalue weighted by Crippen LogP contribution is -2.51. The summed E-state index contributed by atoms with van der Waals surface area (Å²) in [6.45, 7) is 0.462. The zero-order valence-corrected chi connectivity index (χ0v) is 15.4. The first-order valence-electron chi connectivity index (χ1n) is 8.61. The summed E-state index contributed by atoms with van der Waals surface area (Å²) < 4.78 is 0. The van der Waals surface area contributed by atoms with Crippen molar-refractivity contribution in [1.82, 2.24) is 5.32 Å². The van der Waals surface area contributed by atoms with Gasteiger partial charge in [-0.3, -0.25) is 9.59 Å². The number of carbonyl (C=O) groups is 2. The van der Waals surface area contributed by atoms with Crippen LogP contribution < -0.4 is 16.4 Å². The predicted molar refractivity (Wildman–Crippen MR) is 106 cm³/mol. The van der Waals surface area contributed by atoms with Crippen molar-refractivity contribution < 1.29 is 9.59 Å². The maximum atomic E-state index is 12.5. The van der Waals surface area contributed by atoms with Gasteiger partial charge in [-0.15, -0.1) is 12.4 Å². The van der Waals surface area contributed by atoms with Crippen LogP contribution in [0.5, 0.6) is 0 Å². The van der Waals surface area contributed by atoms with Gasteiger partial charge in [-0.05, 0) is 49.2 Å². The summed E-state index contributed by atoms with van der Waals surface area (Å²) >= 11 is 0. The largest absolute Gasteiger partial charge is 0.345 e. The number of halogens is 1. The lowest BCUT2D eigenvalue weighted by atomic mass is 9.97. The molecule has 6 heteroatoms. The first-order chi connectivity index (χ1) is 12.1. The van der Waals surface area contributed by atoms with E-state index < -0.39 is 0 Å². The molecule has 2 aromatic rings. The van der Waals surface area contributed by atoms with Crippen molar-refractivity contribution in [3.05, 3.63) is 65.7 Å². The van der Waals surface area contributed by atoms with Crippen LogP contribution in [0.3, 0.4) is 0 Å². The van der Waals surface area contributed by atoms with E-state index in [0.29, 0.717) is 23.4 Å². The van der Waals surface area contributed by atoms with Crippen molar-refractivity contribution in [2.45, 2.75) is 31.2 Å². The van der Waals surface area contributed by atoms with Gasteiger partial charge in [0.15, 0.2) is 0 Å². The molecule has 1 aliphatic rings. The second-order valence-electron chi connectivity index (χ2n) is 6.54. The first-order valence-corrected chi connectivity index (χ1v) is 8.61. The SMILES string of the molecule is Cl.NCC1(NC(=O)c2ccc(NC(=O)c3ccccc3)cc2)CCCC1. The highest BCUT2D eigenvalue weighted by Gasteiger charge is 2.34. The third-order valence-corrected chi connectivity index (χ3v) is 4.77. The van der Waals surface area contributed by atoms with E-state index in [1.165, 1.54) is 0 Å². The number of nitrogens with one attached hydrogen (secondary N) is 2. The molecule has 0 atom stereocenters. The molecular formula is C20H24ClN3O2. The molecule has 0 aliphatic heterocycles. The molecule has 0 spiro atoms. The number of hydrogen-bond donors (Lipinski definition) is 3. The molecule has 0 aromatic heterocycles. The molecule has 0 radical (unpaired) electrons. The minimum atomic E-state index is -0.267. The van der Waals surface area contributed by atoms with Gasteiger partial charge in [0, 0.05) is 23.4 Å². The Bertz CT molecular complexity index is 741. The van der Waals surface area contributed by atoms with Gasteiger partial charge < -0.3 is 16.4 Å². The monoisotopic (exact) mass is 373 g/mol. The molecular weight excluding hydrogens is 350 g/mol. The number of carbonyl (C=O) groups excluding carboxylic acids is 2. The van der Waals surface area contributed by atoms with Gasteiger partial charge in [-0.2, -0.15) is 0 Å². The van der Waals surface area contributed by atoms with Crippen LogP contribution in [0.4, 0.5) is 5.69 Å². The van der Waals surface area contributed by atoms with E-state index in [1.807, 2.05) is 18.2 Å². The lowest BCUT2D eigenvalue weighted by Gasteiger charge is -2.28. The fourth-order valence-corrected chi connectivity index (χ4v) is 3.24. The van der Waals surface area contributed by atoms with Crippen molar-refractivity contribution in [2.75, 3.05) is 11.9 Å². The van der Waals surface area contributed by atoms with E-state index in [0.717, 1.165) is 25.7 Å². The molecule has 1 aliphatic carbocycles. The van der Waals surface area contributed by atoms with E-state index >= 15 is 0 Å². The summed E-state index contributed by atoms with van der Waals surface area (Å²) in [5.41, 5.74) is 7.41. The summed E-state index contributed by atoms with van der Waals surface area (Å²) in [5, 5.41) is 5.92. The standard InChI is InChI=1S/C20H23N3O2.ClH/c21-14-20(12-4-5-13-20)23-19(25)16-8-10-17(11-9-16)22-18(24)15-6-2-1-3-7-15;/h1-3,6-11H,4-5,12-14,21H2,(H,22,24)(H,23,25);1H. The summed E-state index contributed by atoms with van der Waals surface area (Å²) in [5.74, 6) is -0.292. The Morgan fingerprint density at radius 2 is 1.46 bits per heavy atom. The molecule has 2 aromatic carbocycles. The fourth-order valence-electron chi connectivity index (χ4n) is 3.24. The van der Waals surface area contributed by atoms with Gasteiger partial charge in [-0.25, -0.2) is 0 Å². The highest BCUT2D eigenvalue weighted by molar-refractivity contribution is 6.04. The Kier molecular flexibility index (Phi) is 6.77. The van der Waals surface area contributed by atoms with Crippen LogP contribution in [0.25, 0.3) is 0 Å². The average molecular weight is 374 g/mol. The fraction of sp³-hybridized carbons (Fsp3) is 0.300. The third kappa shape index (κ3) is 4.62. The molecule has 1 saturated carbocycles. The quantitative estimate of drug-likeness (QED) is 0.751. The highest BCUT2D eigenvalue weighted by atomic mass is 35.5. The van der Waals surface area contributed by atoms with Gasteiger partial charge in [0.2, 0.25) is 0 Å². The predicted octanol–water partition coefficient (Wildman–Crippen LogP) is 3.36. The molecule has 0 unspecified atom stereocenters. The van der Waals surface area contributed by atoms with Gasteiger partial charge in [0.05, 0.1) is 5.54 Å². The third-order valence-electron chi connectivity index (χ3n) is 4.77. The van der Waals surface area contributed by atoms with Gasteiger partial charge >= 0.3 is 0 Å². The van der Waals surface area contributed by atoms with E-state index in [-0.39, 0.29) is 29.8 Å². The van der Waals surface area contributed by atoms with E-state index in [4.69, 9.17) is 5.73 Å². The smallest absolute Gasteiger partial charge is 0.255 e. The van der Waals surface area contributed by atoms with Crippen molar-refractivity contribution >= 4 is 29.9 Å². The number of hydrogen-bond acceptors (Lipinski definition) is 3. The minimum Gasteiger partial charge on any atom is -0.345 e. The topological polar surface area (TPSA) is 84.2 Å². The molecule has 138 valence electrons. The van der Waals surface area contributed by atoms with Crippen LogP contribution >= 0.6 is 12.4 Å². The zero-order chi connectivity index (χ0) is 17.7. The molecule has 1 fully saturated rings. The second-order valence-corrected chi connectivity index (χ2v) is 6.54. The zero-order valence-electron chi connectivity index (χ0n) is 14.5. The molecule has 3 rings (SSSR count). The summed E-state index contributed by atoms with van der Waals surface area (Å²) in [4.78, 5) is 24.6. The second kappa shape index (κ2) is 8.83. The van der Waals surface area contributed by atoms with Crippen LogP contribution in [0.15, 0.2) is 54.6 Å². The maximum absolute atomic E-state index is 12.5. The Labute approximate surface area is 159 Å². The Morgan fingerprint density at radius 1 is 0.885 bits per heavy atom. The minimum absolute atomic E-state index is 0. The molecule has 0 heterocycles. The van der Waals surface area contributed by atoms with Crippen molar-refractivity contribution in [2.24, 2.45) is 5.73 Å². The molecule has 0 saturated heterocycles. The molecule has 5 nitrogen and oxygen atoms in total. The molecule has 4 N–H and O–H groups in total. The van der Waals surface area contributed by atoms with Crippen LogP contribution in [-0.2, 0) is 0 Å². The normalized spacial score (nSPS) is 15.0. The first kappa shape index (κ1) is 19.9. The summed E-state index contributed by atoms with van der Waals surface area (Å²) in [6.07, 6.45) is 4.06. The van der Waals surface area contributed by atoms with Crippen LogP contribution in [0.1, 0.15) is 46.4 Å². The van der Waals surface area contributed by atoms with Crippen molar-refractivity contribution in [1.29, 1.82) is 0 Å². The molecule has 26 heavy (non-hydrogen) atoms. The van der Waals surface area contributed by atoms with Crippen molar-refractivity contribution in [3.8, 4) is 0 Å². The lowest BCUT2D eigenvalue weighted by molar-refractivity contribution is 0.0902. The summed E-state index contributed by atoms with van der Waals surface area (Å²) in [6, 6.07) is 15.9. The van der Waals surface area contributed by atoms with Crippen LogP contribution in [0, 0.1) is 0 Å². The maximum Gasteiger partial charge on any atom is 0.255 e. The van der Waals surface area contributed by atoms with Crippen molar-refractivity contribution in [3.63, 3.8) is 0 Å². The molecule has 2 amide bonds. The van der Waals surface area contributed by atoms with E-state index in [9.17, 15) is 9.59 Å². The van der Waals surface area contributed by atoms with Gasteiger partial charge in [-0.1, -0.05) is 31.0 Å². The number of nitrogens with two attached hydrogens (primary N) is 1. The van der Waals surface area contributed by atoms with E-state index in [1.54, 1.807) is 36.4 Å². The molecule has 0 bridgehead atoms. The van der Waals surface area contributed by atoms with Crippen LogP contribution in [0.2, 0.25) is 0 Å². The van der Waals surface area contributed by atoms with Gasteiger partial charge in [0.25, 0.3) is 11.8 Å². The van der Waals surface area contributed by atoms with E-state index in [2.05, 4.69) is 10.6 Å². The number of benzene rings is 2. The number of amides is 2. The van der Waals surface area contributed by atoms with Gasteiger partial charge in [0.1, 0.15) is 0 Å². The van der Waals surface area contributed by atoms with Crippen LogP contribution in [-0.4, -0.2) is 23.9 Å².